The van der Waals surface area contributed by atoms with E-state index in [-0.39, 0.29) is 5.69 Å². The van der Waals surface area contributed by atoms with E-state index in [9.17, 15) is 4.79 Å². The van der Waals surface area contributed by atoms with Crippen LogP contribution >= 0.6 is 0 Å². The lowest BCUT2D eigenvalue weighted by Crippen LogP contribution is -2.14. The monoisotopic (exact) mass is 346 g/mol. The quantitative estimate of drug-likeness (QED) is 0.584. The fraction of sp³-hybridized carbons (Fsp3) is 0.0556. The highest BCUT2D eigenvalue weighted by molar-refractivity contribution is 6.02. The molecule has 0 spiro atoms. The van der Waals surface area contributed by atoms with Gasteiger partial charge in [0.15, 0.2) is 5.82 Å². The van der Waals surface area contributed by atoms with Gasteiger partial charge in [-0.15, -0.1) is 0 Å². The van der Waals surface area contributed by atoms with Crippen LogP contribution < -0.4 is 10.6 Å². The number of para-hydroxylation sites is 1. The van der Waals surface area contributed by atoms with E-state index in [1.165, 1.54) is 6.33 Å². The molecule has 8 nitrogen and oxygen atoms in total. The molecule has 128 valence electrons. The Morgan fingerprint density at radius 1 is 1.04 bits per heavy atom. The van der Waals surface area contributed by atoms with Gasteiger partial charge >= 0.3 is 0 Å². The first-order valence-electron chi connectivity index (χ1n) is 7.86. The summed E-state index contributed by atoms with van der Waals surface area (Å²) < 4.78 is 4.93. The summed E-state index contributed by atoms with van der Waals surface area (Å²) in [5.41, 5.74) is 1.81. The molecule has 1 aromatic carbocycles. The summed E-state index contributed by atoms with van der Waals surface area (Å²) in [5, 5.41) is 10.5. The highest BCUT2D eigenvalue weighted by atomic mass is 16.5. The number of aromatic nitrogens is 4. The van der Waals surface area contributed by atoms with Crippen molar-refractivity contribution in [3.63, 3.8) is 0 Å². The Kier molecular flexibility index (Phi) is 3.98. The normalized spacial score (nSPS) is 10.7. The van der Waals surface area contributed by atoms with Gasteiger partial charge in [0.05, 0.1) is 11.2 Å². The topological polar surface area (TPSA) is 106 Å². The van der Waals surface area contributed by atoms with Gasteiger partial charge in [0.1, 0.15) is 23.6 Å². The number of hydrogen-bond acceptors (Lipinski definition) is 7. The number of benzene rings is 1. The van der Waals surface area contributed by atoms with Gasteiger partial charge in [-0.3, -0.25) is 9.78 Å². The fourth-order valence-electron chi connectivity index (χ4n) is 2.50. The number of pyridine rings is 1. The van der Waals surface area contributed by atoms with Gasteiger partial charge in [0, 0.05) is 23.7 Å². The molecule has 1 amide bonds. The van der Waals surface area contributed by atoms with Crippen molar-refractivity contribution >= 4 is 34.1 Å². The molecule has 3 heterocycles. The second-order valence-electron chi connectivity index (χ2n) is 5.57. The molecule has 0 bridgehead atoms. The Bertz CT molecular complexity index is 1090. The van der Waals surface area contributed by atoms with Crippen molar-refractivity contribution in [1.82, 2.24) is 20.1 Å². The number of hydrogen-bond donors (Lipinski definition) is 2. The zero-order valence-corrected chi connectivity index (χ0v) is 13.8. The summed E-state index contributed by atoms with van der Waals surface area (Å²) in [4.78, 5) is 24.9. The Balaban J connectivity index is 1.58. The Morgan fingerprint density at radius 2 is 1.92 bits per heavy atom. The predicted molar refractivity (Wildman–Crippen MR) is 96.3 cm³/mol. The highest BCUT2D eigenvalue weighted by Crippen LogP contribution is 2.23. The Morgan fingerprint density at radius 3 is 2.77 bits per heavy atom. The van der Waals surface area contributed by atoms with Gasteiger partial charge < -0.3 is 15.2 Å². The van der Waals surface area contributed by atoms with Crippen LogP contribution in [-0.2, 0) is 0 Å². The third-order valence-electron chi connectivity index (χ3n) is 3.66. The third-order valence-corrected chi connectivity index (χ3v) is 3.66. The van der Waals surface area contributed by atoms with Crippen molar-refractivity contribution in [3.05, 3.63) is 66.4 Å². The van der Waals surface area contributed by atoms with Crippen molar-refractivity contribution in [2.75, 3.05) is 10.6 Å². The first kappa shape index (κ1) is 15.7. The van der Waals surface area contributed by atoms with Crippen LogP contribution in [0.3, 0.4) is 0 Å². The number of nitrogens with zero attached hydrogens (tertiary/aromatic N) is 4. The molecule has 0 aliphatic carbocycles. The molecule has 4 rings (SSSR count). The lowest BCUT2D eigenvalue weighted by atomic mass is 10.2. The average molecular weight is 346 g/mol. The van der Waals surface area contributed by atoms with E-state index < -0.39 is 5.91 Å². The molecule has 2 N–H and O–H groups in total. The number of aryl methyl sites for hydroxylation is 1. The van der Waals surface area contributed by atoms with Gasteiger partial charge in [-0.25, -0.2) is 9.97 Å². The first-order chi connectivity index (χ1) is 12.7. The van der Waals surface area contributed by atoms with Gasteiger partial charge in [-0.2, -0.15) is 0 Å². The van der Waals surface area contributed by atoms with Gasteiger partial charge in [-0.05, 0) is 19.1 Å². The van der Waals surface area contributed by atoms with E-state index in [0.29, 0.717) is 17.4 Å². The number of anilines is 3. The van der Waals surface area contributed by atoms with E-state index in [4.69, 9.17) is 4.52 Å². The molecule has 8 heteroatoms. The lowest BCUT2D eigenvalue weighted by Gasteiger charge is -2.09. The van der Waals surface area contributed by atoms with E-state index in [1.807, 2.05) is 30.3 Å². The molecule has 3 aromatic heterocycles. The summed E-state index contributed by atoms with van der Waals surface area (Å²) in [7, 11) is 0. The molecule has 0 aliphatic heterocycles. The molecule has 4 aromatic rings. The third kappa shape index (κ3) is 3.20. The molecule has 0 saturated heterocycles. The number of carbonyl (C=O) groups excluding carboxylic acids is 1. The van der Waals surface area contributed by atoms with Crippen LogP contribution in [0.1, 0.15) is 16.2 Å². The zero-order valence-electron chi connectivity index (χ0n) is 13.8. The first-order valence-corrected chi connectivity index (χ1v) is 7.86. The van der Waals surface area contributed by atoms with Crippen molar-refractivity contribution in [3.8, 4) is 0 Å². The maximum absolute atomic E-state index is 12.3. The summed E-state index contributed by atoms with van der Waals surface area (Å²) >= 11 is 0. The second kappa shape index (κ2) is 6.60. The van der Waals surface area contributed by atoms with E-state index >= 15 is 0 Å². The molecule has 0 unspecified atom stereocenters. The molecular weight excluding hydrogens is 332 g/mol. The summed E-state index contributed by atoms with van der Waals surface area (Å²) in [6.45, 7) is 1.74. The summed E-state index contributed by atoms with van der Waals surface area (Å²) in [6, 6.07) is 12.8. The molecule has 26 heavy (non-hydrogen) atoms. The van der Waals surface area contributed by atoms with E-state index in [1.54, 1.807) is 25.3 Å². The van der Waals surface area contributed by atoms with Crippen LogP contribution in [0.5, 0.6) is 0 Å². The second-order valence-corrected chi connectivity index (χ2v) is 5.57. The largest absolute Gasteiger partial charge is 0.360 e. The lowest BCUT2D eigenvalue weighted by molar-refractivity contribution is 0.102. The molecule has 0 saturated carbocycles. The predicted octanol–water partition coefficient (Wildman–Crippen LogP) is 3.32. The van der Waals surface area contributed by atoms with Gasteiger partial charge in [0.25, 0.3) is 5.91 Å². The number of fused-ring (bicyclic) bond motifs is 1. The summed E-state index contributed by atoms with van der Waals surface area (Å²) in [6.07, 6.45) is 3.05. The minimum Gasteiger partial charge on any atom is -0.360 e. The van der Waals surface area contributed by atoms with E-state index in [0.717, 1.165) is 16.6 Å². The van der Waals surface area contributed by atoms with Crippen molar-refractivity contribution in [1.29, 1.82) is 0 Å². The van der Waals surface area contributed by atoms with Crippen molar-refractivity contribution in [2.24, 2.45) is 0 Å². The van der Waals surface area contributed by atoms with Crippen LogP contribution in [0.15, 0.2) is 59.5 Å². The SMILES string of the molecule is Cc1cc(NC(=O)c2cc(Nc3cccc4cccnc34)ncn2)no1. The minimum atomic E-state index is -0.403. The number of carbonyl (C=O) groups is 1. The molecule has 0 radical (unpaired) electrons. The number of rotatable bonds is 4. The maximum Gasteiger partial charge on any atom is 0.275 e. The zero-order chi connectivity index (χ0) is 17.9. The minimum absolute atomic E-state index is 0.205. The Hall–Kier alpha value is -3.81. The molecule has 0 fully saturated rings. The molecular formula is C18H14N6O2. The van der Waals surface area contributed by atoms with E-state index in [2.05, 4.69) is 30.7 Å². The standard InChI is InChI=1S/C18H14N6O2/c1-11-8-16(24-26-11)23-18(25)14-9-15(21-10-20-14)22-13-6-2-4-12-5-3-7-19-17(12)13/h2-10H,1H3,(H,20,21,22)(H,23,24,25). The Labute approximate surface area is 148 Å². The average Bonchev–Trinajstić information content (AvgIpc) is 3.07. The number of amides is 1. The molecule has 0 atom stereocenters. The smallest absolute Gasteiger partial charge is 0.275 e. The van der Waals surface area contributed by atoms with Gasteiger partial charge in [0.2, 0.25) is 0 Å². The highest BCUT2D eigenvalue weighted by Gasteiger charge is 2.12. The van der Waals surface area contributed by atoms with Crippen LogP contribution in [-0.4, -0.2) is 26.0 Å². The van der Waals surface area contributed by atoms with Crippen LogP contribution in [0, 0.1) is 6.92 Å². The van der Waals surface area contributed by atoms with Crippen molar-refractivity contribution < 1.29 is 9.32 Å². The molecule has 0 aliphatic rings. The van der Waals surface area contributed by atoms with Crippen LogP contribution in [0.2, 0.25) is 0 Å². The van der Waals surface area contributed by atoms with Gasteiger partial charge in [-0.1, -0.05) is 23.4 Å². The number of nitrogens with one attached hydrogen (secondary N) is 2. The van der Waals surface area contributed by atoms with Crippen LogP contribution in [0.4, 0.5) is 17.3 Å². The van der Waals surface area contributed by atoms with Crippen LogP contribution in [0.25, 0.3) is 10.9 Å². The summed E-state index contributed by atoms with van der Waals surface area (Å²) in [5.74, 6) is 1.02. The fourth-order valence-corrected chi connectivity index (χ4v) is 2.50. The maximum atomic E-state index is 12.3. The van der Waals surface area contributed by atoms with Crippen molar-refractivity contribution in [2.45, 2.75) is 6.92 Å².